The molecule has 0 aromatic carbocycles. The second-order valence-electron chi connectivity index (χ2n) is 2.03. The van der Waals surface area contributed by atoms with Gasteiger partial charge in [0.2, 0.25) is 0 Å². The summed E-state index contributed by atoms with van der Waals surface area (Å²) in [6.07, 6.45) is 1.79. The molecule has 0 aromatic heterocycles. The number of carbonyl (C=O) groups is 1. The lowest BCUT2D eigenvalue weighted by Crippen LogP contribution is -2.33. The van der Waals surface area contributed by atoms with Crippen molar-refractivity contribution < 1.29 is 9.53 Å². The Hall–Kier alpha value is -0.190. The van der Waals surface area contributed by atoms with Crippen molar-refractivity contribution in [2.75, 3.05) is 18.6 Å². The Kier molecular flexibility index (Phi) is 7.34. The molecule has 0 amide bonds. The van der Waals surface area contributed by atoms with Crippen molar-refractivity contribution in [2.24, 2.45) is 5.73 Å². The molecule has 0 saturated carbocycles. The highest BCUT2D eigenvalue weighted by atomic mass is 35.5. The van der Waals surface area contributed by atoms with Gasteiger partial charge in [0.15, 0.2) is 0 Å². The number of methoxy groups -OCH3 is 1. The number of hydrogen-bond acceptors (Lipinski definition) is 4. The monoisotopic (exact) mass is 209 g/mol. The first-order chi connectivity index (χ1) is 5.72. The van der Waals surface area contributed by atoms with E-state index in [4.69, 9.17) is 17.3 Å². The van der Waals surface area contributed by atoms with E-state index < -0.39 is 6.04 Å². The van der Waals surface area contributed by atoms with E-state index in [1.807, 2.05) is 0 Å². The zero-order chi connectivity index (χ0) is 9.40. The summed E-state index contributed by atoms with van der Waals surface area (Å²) < 4.78 is 4.45. The summed E-state index contributed by atoms with van der Waals surface area (Å²) in [5.41, 5.74) is 6.90. The zero-order valence-electron chi connectivity index (χ0n) is 6.83. The first-order valence-electron chi connectivity index (χ1n) is 3.38. The number of carbonyl (C=O) groups excluding carboxylic acids is 1. The van der Waals surface area contributed by atoms with Crippen LogP contribution in [0.25, 0.3) is 0 Å². The predicted octanol–water partition coefficient (Wildman–Crippen LogP) is 0.972. The third kappa shape index (κ3) is 5.46. The molecular weight excluding hydrogens is 198 g/mol. The molecule has 0 aliphatic rings. The summed E-state index contributed by atoms with van der Waals surface area (Å²) in [6.45, 7) is 0. The number of ether oxygens (including phenoxy) is 1. The van der Waals surface area contributed by atoms with Crippen molar-refractivity contribution in [2.45, 2.75) is 6.04 Å². The fourth-order valence-corrected chi connectivity index (χ4v) is 1.47. The van der Waals surface area contributed by atoms with Crippen LogP contribution in [-0.4, -0.2) is 30.6 Å². The molecule has 5 heteroatoms. The number of hydrogen-bond donors (Lipinski definition) is 1. The Morgan fingerprint density at radius 3 is 3.00 bits per heavy atom. The van der Waals surface area contributed by atoms with E-state index in [0.29, 0.717) is 5.75 Å². The molecule has 12 heavy (non-hydrogen) atoms. The van der Waals surface area contributed by atoms with Crippen LogP contribution in [0.5, 0.6) is 0 Å². The van der Waals surface area contributed by atoms with E-state index in [0.717, 1.165) is 5.75 Å². The molecule has 0 spiro atoms. The fraction of sp³-hybridized carbons (Fsp3) is 0.571. The number of thioether (sulfide) groups is 1. The molecular formula is C7H12ClNO2S. The quantitative estimate of drug-likeness (QED) is 0.542. The highest BCUT2D eigenvalue weighted by Gasteiger charge is 2.12. The van der Waals surface area contributed by atoms with Gasteiger partial charge in [-0.1, -0.05) is 17.7 Å². The first-order valence-corrected chi connectivity index (χ1v) is 4.98. The van der Waals surface area contributed by atoms with Gasteiger partial charge in [0.25, 0.3) is 0 Å². The Labute approximate surface area is 81.3 Å². The lowest BCUT2D eigenvalue weighted by molar-refractivity contribution is -0.141. The summed E-state index contributed by atoms with van der Waals surface area (Å²) in [7, 11) is 1.32. The highest BCUT2D eigenvalue weighted by molar-refractivity contribution is 7.99. The van der Waals surface area contributed by atoms with Gasteiger partial charge in [-0.25, -0.2) is 0 Å². The molecule has 0 aliphatic heterocycles. The Bertz CT molecular complexity index is 163. The van der Waals surface area contributed by atoms with Crippen LogP contribution in [0.3, 0.4) is 0 Å². The van der Waals surface area contributed by atoms with Crippen molar-refractivity contribution in [1.29, 1.82) is 0 Å². The van der Waals surface area contributed by atoms with Gasteiger partial charge in [-0.2, -0.15) is 11.8 Å². The maximum atomic E-state index is 10.8. The van der Waals surface area contributed by atoms with E-state index in [2.05, 4.69) is 4.74 Å². The van der Waals surface area contributed by atoms with Crippen LogP contribution in [0.4, 0.5) is 0 Å². The lowest BCUT2D eigenvalue weighted by atomic mass is 10.4. The van der Waals surface area contributed by atoms with Gasteiger partial charge in [0.1, 0.15) is 6.04 Å². The molecule has 0 heterocycles. The van der Waals surface area contributed by atoms with E-state index in [1.54, 1.807) is 6.08 Å². The topological polar surface area (TPSA) is 52.3 Å². The Balaban J connectivity index is 3.43. The zero-order valence-corrected chi connectivity index (χ0v) is 8.40. The number of halogens is 1. The average Bonchev–Trinajstić information content (AvgIpc) is 2.10. The van der Waals surface area contributed by atoms with Gasteiger partial charge in [-0.3, -0.25) is 4.79 Å². The van der Waals surface area contributed by atoms with Crippen LogP contribution in [0.15, 0.2) is 11.6 Å². The molecule has 0 rings (SSSR count). The van der Waals surface area contributed by atoms with Crippen molar-refractivity contribution in [3.05, 3.63) is 11.6 Å². The van der Waals surface area contributed by atoms with Crippen molar-refractivity contribution >= 4 is 29.3 Å². The van der Waals surface area contributed by atoms with Crippen LogP contribution in [0.1, 0.15) is 0 Å². The second-order valence-corrected chi connectivity index (χ2v) is 3.36. The lowest BCUT2D eigenvalue weighted by Gasteiger charge is -2.06. The Morgan fingerprint density at radius 1 is 1.83 bits per heavy atom. The molecule has 0 saturated heterocycles. The average molecular weight is 210 g/mol. The highest BCUT2D eigenvalue weighted by Crippen LogP contribution is 2.03. The van der Waals surface area contributed by atoms with Crippen LogP contribution in [-0.2, 0) is 9.53 Å². The van der Waals surface area contributed by atoms with Gasteiger partial charge >= 0.3 is 5.97 Å². The SMILES string of the molecule is COC(=O)C(N)CSCC=CCl. The summed E-state index contributed by atoms with van der Waals surface area (Å²) in [5, 5.41) is 0. The van der Waals surface area contributed by atoms with E-state index >= 15 is 0 Å². The third-order valence-electron chi connectivity index (χ3n) is 1.10. The van der Waals surface area contributed by atoms with E-state index in [-0.39, 0.29) is 5.97 Å². The summed E-state index contributed by atoms with van der Waals surface area (Å²) in [5.74, 6) is 0.930. The molecule has 2 N–H and O–H groups in total. The molecule has 0 bridgehead atoms. The molecule has 1 unspecified atom stereocenters. The van der Waals surface area contributed by atoms with Gasteiger partial charge in [-0.05, 0) is 0 Å². The molecule has 1 atom stereocenters. The molecule has 0 fully saturated rings. The third-order valence-corrected chi connectivity index (χ3v) is 2.31. The number of nitrogens with two attached hydrogens (primary N) is 1. The minimum Gasteiger partial charge on any atom is -0.468 e. The van der Waals surface area contributed by atoms with Gasteiger partial charge in [0, 0.05) is 17.0 Å². The summed E-state index contributed by atoms with van der Waals surface area (Å²) >= 11 is 6.82. The second kappa shape index (κ2) is 7.46. The first kappa shape index (κ1) is 11.8. The maximum absolute atomic E-state index is 10.8. The molecule has 3 nitrogen and oxygen atoms in total. The molecule has 0 aliphatic carbocycles. The van der Waals surface area contributed by atoms with Gasteiger partial charge < -0.3 is 10.5 Å². The number of esters is 1. The fourth-order valence-electron chi connectivity index (χ4n) is 0.519. The van der Waals surface area contributed by atoms with E-state index in [1.165, 1.54) is 24.4 Å². The van der Waals surface area contributed by atoms with Crippen molar-refractivity contribution in [1.82, 2.24) is 0 Å². The molecule has 0 radical (unpaired) electrons. The molecule has 0 aromatic rings. The predicted molar refractivity (Wildman–Crippen MR) is 52.3 cm³/mol. The summed E-state index contributed by atoms with van der Waals surface area (Å²) in [4.78, 5) is 10.8. The standard InChI is InChI=1S/C7H12ClNO2S/c1-11-7(10)6(9)5-12-4-2-3-8/h2-3,6H,4-5,9H2,1H3. The van der Waals surface area contributed by atoms with Crippen LogP contribution < -0.4 is 5.73 Å². The van der Waals surface area contributed by atoms with E-state index in [9.17, 15) is 4.79 Å². The van der Waals surface area contributed by atoms with Gasteiger partial charge in [0.05, 0.1) is 7.11 Å². The minimum atomic E-state index is -0.538. The van der Waals surface area contributed by atoms with Crippen LogP contribution in [0.2, 0.25) is 0 Å². The van der Waals surface area contributed by atoms with Crippen molar-refractivity contribution in [3.8, 4) is 0 Å². The van der Waals surface area contributed by atoms with Gasteiger partial charge in [-0.15, -0.1) is 0 Å². The smallest absolute Gasteiger partial charge is 0.323 e. The van der Waals surface area contributed by atoms with Crippen LogP contribution >= 0.6 is 23.4 Å². The molecule has 70 valence electrons. The largest absolute Gasteiger partial charge is 0.468 e. The maximum Gasteiger partial charge on any atom is 0.323 e. The van der Waals surface area contributed by atoms with Crippen LogP contribution in [0, 0.1) is 0 Å². The summed E-state index contributed by atoms with van der Waals surface area (Å²) in [6, 6.07) is -0.538. The minimum absolute atomic E-state index is 0.377. The number of rotatable bonds is 5. The normalized spacial score (nSPS) is 13.2. The van der Waals surface area contributed by atoms with Crippen molar-refractivity contribution in [3.63, 3.8) is 0 Å². The Morgan fingerprint density at radius 2 is 2.50 bits per heavy atom.